The van der Waals surface area contributed by atoms with E-state index < -0.39 is 47.5 Å². The average molecular weight is 802 g/mol. The van der Waals surface area contributed by atoms with Crippen LogP contribution in [0.2, 0.25) is 0 Å². The molecule has 2 fully saturated rings. The Hall–Kier alpha value is -4.09. The number of benzene rings is 2. The molecule has 0 aromatic heterocycles. The third kappa shape index (κ3) is 16.6. The second kappa shape index (κ2) is 24.1. The van der Waals surface area contributed by atoms with E-state index in [0.29, 0.717) is 38.7 Å². The lowest BCUT2D eigenvalue weighted by atomic mass is 9.93. The number of rotatable bonds is 26. The number of aryl methyl sites for hydroxylation is 1. The Morgan fingerprint density at radius 2 is 1.16 bits per heavy atom. The molecule has 5 atom stereocenters. The zero-order chi connectivity index (χ0) is 41.9. The van der Waals surface area contributed by atoms with Crippen molar-refractivity contribution in [2.24, 2.45) is 11.8 Å². The van der Waals surface area contributed by atoms with Crippen LogP contribution >= 0.6 is 0 Å². The minimum Gasteiger partial charge on any atom is -0.361 e. The standard InChI is InChI=1S/C47H71N5O6/c1-34(2)30-39(43(54)47(5)33-58-47)49-46(57)41(32-37-22-14-10-15-23-37)51-45(56)40(31-35(3)4)50-44(55)38(26-25-36-20-12-9-13-21-36)48-42(53)24-16-7-6-8-17-27-52-28-18-11-19-29-52/h9-10,12-15,20-23,34-35,38-41H,6-8,11,16-19,24-33H2,1-5H3,(H,48,53)(H,49,57)(H,50,55)(H,51,56)/t38?,39?,40?,41?,47-/m1/s1. The second-order valence-corrected chi connectivity index (χ2v) is 17.6. The van der Waals surface area contributed by atoms with Crippen LogP contribution in [0.3, 0.4) is 0 Å². The normalized spacial score (nSPS) is 18.8. The van der Waals surface area contributed by atoms with Gasteiger partial charge < -0.3 is 30.9 Å². The fraction of sp³-hybridized carbons (Fsp3) is 0.638. The van der Waals surface area contributed by atoms with Crippen LogP contribution < -0.4 is 21.3 Å². The van der Waals surface area contributed by atoms with Crippen molar-refractivity contribution in [3.8, 4) is 0 Å². The molecular weight excluding hydrogens is 731 g/mol. The molecule has 4 unspecified atom stereocenters. The largest absolute Gasteiger partial charge is 0.361 e. The molecule has 11 heteroatoms. The number of likely N-dealkylation sites (tertiary alicyclic amines) is 1. The third-order valence-corrected chi connectivity index (χ3v) is 11.2. The number of carbonyl (C=O) groups excluding carboxylic acids is 5. The number of nitrogens with one attached hydrogen (secondary N) is 4. The molecule has 0 aliphatic carbocycles. The van der Waals surface area contributed by atoms with Gasteiger partial charge in [-0.2, -0.15) is 0 Å². The van der Waals surface area contributed by atoms with Crippen molar-refractivity contribution in [2.45, 2.75) is 154 Å². The molecule has 0 radical (unpaired) electrons. The van der Waals surface area contributed by atoms with Crippen LogP contribution in [-0.2, 0) is 41.6 Å². The van der Waals surface area contributed by atoms with Crippen molar-refractivity contribution in [1.29, 1.82) is 0 Å². The summed E-state index contributed by atoms with van der Waals surface area (Å²) >= 11 is 0. The van der Waals surface area contributed by atoms with Gasteiger partial charge in [0.25, 0.3) is 0 Å². The van der Waals surface area contributed by atoms with Gasteiger partial charge in [-0.1, -0.05) is 114 Å². The fourth-order valence-corrected chi connectivity index (χ4v) is 7.73. The van der Waals surface area contributed by atoms with Crippen molar-refractivity contribution in [3.63, 3.8) is 0 Å². The molecule has 2 heterocycles. The topological polar surface area (TPSA) is 149 Å². The minimum atomic E-state index is -1.02. The van der Waals surface area contributed by atoms with Crippen molar-refractivity contribution in [1.82, 2.24) is 26.2 Å². The van der Waals surface area contributed by atoms with E-state index in [9.17, 15) is 24.0 Å². The number of unbranched alkanes of at least 4 members (excludes halogenated alkanes) is 4. The summed E-state index contributed by atoms with van der Waals surface area (Å²) in [7, 11) is 0. The Bertz CT molecular complexity index is 1570. The van der Waals surface area contributed by atoms with E-state index >= 15 is 0 Å². The third-order valence-electron chi connectivity index (χ3n) is 11.2. The van der Waals surface area contributed by atoms with Crippen LogP contribution in [0, 0.1) is 11.8 Å². The summed E-state index contributed by atoms with van der Waals surface area (Å²) in [5.74, 6) is -1.63. The lowest BCUT2D eigenvalue weighted by Gasteiger charge is -2.28. The first-order valence-corrected chi connectivity index (χ1v) is 22.0. The number of hydrogen-bond donors (Lipinski definition) is 4. The van der Waals surface area contributed by atoms with Crippen LogP contribution in [0.1, 0.15) is 123 Å². The number of nitrogens with zero attached hydrogens (tertiary/aromatic N) is 1. The van der Waals surface area contributed by atoms with Crippen molar-refractivity contribution in [2.75, 3.05) is 26.2 Å². The number of carbonyl (C=O) groups is 5. The zero-order valence-corrected chi connectivity index (χ0v) is 35.9. The SMILES string of the molecule is CC(C)CC(NC(=O)C(CCc1ccccc1)NC(=O)CCCCCCCN1CCCCC1)C(=O)NC(Cc1ccccc1)C(=O)NC(CC(C)C)C(=O)[C@@]1(C)CO1. The van der Waals surface area contributed by atoms with Gasteiger partial charge in [0.15, 0.2) is 5.78 Å². The van der Waals surface area contributed by atoms with Crippen molar-refractivity contribution < 1.29 is 28.7 Å². The summed E-state index contributed by atoms with van der Waals surface area (Å²) in [6.07, 6.45) is 11.3. The smallest absolute Gasteiger partial charge is 0.243 e. The maximum Gasteiger partial charge on any atom is 0.243 e. The van der Waals surface area contributed by atoms with Gasteiger partial charge in [-0.15, -0.1) is 0 Å². The van der Waals surface area contributed by atoms with Crippen LogP contribution in [0.25, 0.3) is 0 Å². The highest BCUT2D eigenvalue weighted by Gasteiger charge is 2.50. The maximum absolute atomic E-state index is 14.2. The minimum absolute atomic E-state index is 0.0296. The quantitative estimate of drug-likeness (QED) is 0.0666. The molecule has 0 bridgehead atoms. The van der Waals surface area contributed by atoms with Crippen LogP contribution in [0.5, 0.6) is 0 Å². The van der Waals surface area contributed by atoms with E-state index in [1.165, 1.54) is 38.8 Å². The van der Waals surface area contributed by atoms with Gasteiger partial charge in [-0.05, 0) is 101 Å². The molecule has 2 saturated heterocycles. The first kappa shape index (κ1) is 46.6. The summed E-state index contributed by atoms with van der Waals surface area (Å²) < 4.78 is 5.43. The van der Waals surface area contributed by atoms with Gasteiger partial charge >= 0.3 is 0 Å². The van der Waals surface area contributed by atoms with Gasteiger partial charge in [-0.25, -0.2) is 0 Å². The Balaban J connectivity index is 1.41. The van der Waals surface area contributed by atoms with Gasteiger partial charge in [0, 0.05) is 12.8 Å². The lowest BCUT2D eigenvalue weighted by Crippen LogP contribution is -2.59. The number of epoxide rings is 1. The number of hydrogen-bond acceptors (Lipinski definition) is 7. The van der Waals surface area contributed by atoms with E-state index in [4.69, 9.17) is 4.74 Å². The molecule has 0 saturated carbocycles. The van der Waals surface area contributed by atoms with Crippen LogP contribution in [-0.4, -0.2) is 90.3 Å². The molecular formula is C47H71N5O6. The molecule has 4 rings (SSSR count). The highest BCUT2D eigenvalue weighted by molar-refractivity contribution is 5.98. The van der Waals surface area contributed by atoms with Gasteiger partial charge in [-0.3, -0.25) is 24.0 Å². The number of ether oxygens (including phenoxy) is 1. The van der Waals surface area contributed by atoms with E-state index in [2.05, 4.69) is 26.2 Å². The number of Topliss-reactive ketones (excluding diaryl/α,β-unsaturated/α-hetero) is 1. The van der Waals surface area contributed by atoms with Crippen LogP contribution in [0.15, 0.2) is 60.7 Å². The van der Waals surface area contributed by atoms with E-state index in [-0.39, 0.29) is 29.9 Å². The number of ketones is 1. The van der Waals surface area contributed by atoms with Crippen molar-refractivity contribution >= 4 is 29.4 Å². The molecule has 2 aliphatic heterocycles. The van der Waals surface area contributed by atoms with E-state index in [1.807, 2.05) is 88.4 Å². The van der Waals surface area contributed by atoms with Gasteiger partial charge in [0.05, 0.1) is 12.6 Å². The fourth-order valence-electron chi connectivity index (χ4n) is 7.73. The summed E-state index contributed by atoms with van der Waals surface area (Å²) in [5, 5.41) is 11.8. The second-order valence-electron chi connectivity index (χ2n) is 17.6. The zero-order valence-electron chi connectivity index (χ0n) is 35.9. The summed E-state index contributed by atoms with van der Waals surface area (Å²) in [6.45, 7) is 13.5. The molecule has 2 aliphatic rings. The first-order chi connectivity index (χ1) is 27.8. The van der Waals surface area contributed by atoms with Crippen molar-refractivity contribution in [3.05, 3.63) is 71.8 Å². The summed E-state index contributed by atoms with van der Waals surface area (Å²) in [5.41, 5.74) is 0.955. The molecule has 4 N–H and O–H groups in total. The predicted octanol–water partition coefficient (Wildman–Crippen LogP) is 6.08. The molecule has 4 amide bonds. The first-order valence-electron chi connectivity index (χ1n) is 22.0. The molecule has 0 spiro atoms. The Labute approximate surface area is 347 Å². The van der Waals surface area contributed by atoms with E-state index in [0.717, 1.165) is 43.4 Å². The van der Waals surface area contributed by atoms with Gasteiger partial charge in [0.2, 0.25) is 23.6 Å². The molecule has 320 valence electrons. The maximum atomic E-state index is 14.2. The lowest BCUT2D eigenvalue weighted by molar-refractivity contribution is -0.135. The van der Waals surface area contributed by atoms with Crippen LogP contribution in [0.4, 0.5) is 0 Å². The predicted molar refractivity (Wildman–Crippen MR) is 229 cm³/mol. The highest BCUT2D eigenvalue weighted by atomic mass is 16.6. The van der Waals surface area contributed by atoms with E-state index in [1.54, 1.807) is 6.92 Å². The molecule has 58 heavy (non-hydrogen) atoms. The van der Waals surface area contributed by atoms with Gasteiger partial charge in [0.1, 0.15) is 23.7 Å². The average Bonchev–Trinajstić information content (AvgIpc) is 3.96. The number of amides is 4. The Kier molecular flexibility index (Phi) is 19.4. The summed E-state index contributed by atoms with van der Waals surface area (Å²) in [4.78, 5) is 71.5. The number of piperidine rings is 1. The highest BCUT2D eigenvalue weighted by Crippen LogP contribution is 2.30. The Morgan fingerprint density at radius 1 is 0.638 bits per heavy atom. The Morgan fingerprint density at radius 3 is 1.78 bits per heavy atom. The summed E-state index contributed by atoms with van der Waals surface area (Å²) in [6, 6.07) is 15.6. The molecule has 2 aromatic carbocycles. The monoisotopic (exact) mass is 802 g/mol. The molecule has 11 nitrogen and oxygen atoms in total. The molecule has 2 aromatic rings.